The fourth-order valence-electron chi connectivity index (χ4n) is 4.69. The van der Waals surface area contributed by atoms with Gasteiger partial charge in [0.1, 0.15) is 30.5 Å². The molecule has 1 aromatic rings. The second kappa shape index (κ2) is 10.2. The van der Waals surface area contributed by atoms with Crippen LogP contribution in [-0.2, 0) is 44.6 Å². The van der Waals surface area contributed by atoms with Crippen LogP contribution in [0.3, 0.4) is 0 Å². The summed E-state index contributed by atoms with van der Waals surface area (Å²) >= 11 is 0. The summed E-state index contributed by atoms with van der Waals surface area (Å²) in [4.78, 5) is 11.7. The molecule has 4 rings (SSSR count). The normalized spacial score (nSPS) is 41.6. The van der Waals surface area contributed by atoms with Crippen molar-refractivity contribution in [3.8, 4) is 0 Å². The van der Waals surface area contributed by atoms with Gasteiger partial charge in [-0.05, 0) is 33.3 Å². The van der Waals surface area contributed by atoms with Gasteiger partial charge >= 0.3 is 5.97 Å². The van der Waals surface area contributed by atoms with Gasteiger partial charge in [-0.15, -0.1) is 0 Å². The molecule has 3 fully saturated rings. The molecule has 0 bridgehead atoms. The lowest BCUT2D eigenvalue weighted by molar-refractivity contribution is -0.344. The summed E-state index contributed by atoms with van der Waals surface area (Å²) in [6.45, 7) is 8.67. The highest BCUT2D eigenvalue weighted by Crippen LogP contribution is 2.40. The molecular weight excluding hydrogens is 448 g/mol. The number of benzene rings is 1. The van der Waals surface area contributed by atoms with Crippen molar-refractivity contribution >= 4 is 5.97 Å². The topological polar surface area (TPSA) is 122 Å². The molecule has 3 aliphatic rings. The Hall–Kier alpha value is -1.63. The van der Waals surface area contributed by atoms with Gasteiger partial charge in [-0.3, -0.25) is 4.79 Å². The second-order valence-corrected chi connectivity index (χ2v) is 9.43. The summed E-state index contributed by atoms with van der Waals surface area (Å²) in [6, 6.07) is 9.77. The fraction of sp³-hybridized carbons (Fsp3) is 0.708. The van der Waals surface area contributed by atoms with Gasteiger partial charge in [-0.2, -0.15) is 0 Å². The van der Waals surface area contributed by atoms with Crippen LogP contribution in [0.15, 0.2) is 30.3 Å². The number of carbonyl (C=O) groups excluding carboxylic acids is 1. The van der Waals surface area contributed by atoms with E-state index >= 15 is 0 Å². The minimum Gasteiger partial charge on any atom is -0.457 e. The van der Waals surface area contributed by atoms with E-state index in [0.717, 1.165) is 5.56 Å². The summed E-state index contributed by atoms with van der Waals surface area (Å²) in [5, 5.41) is 20.7. The van der Waals surface area contributed by atoms with Crippen LogP contribution >= 0.6 is 0 Å². The van der Waals surface area contributed by atoms with Gasteiger partial charge in [-0.25, -0.2) is 0 Å². The monoisotopic (exact) mass is 482 g/mol. The Labute approximate surface area is 199 Å². The molecule has 0 amide bonds. The summed E-state index contributed by atoms with van der Waals surface area (Å²) in [6.07, 6.45) is -8.85. The smallest absolute Gasteiger partial charge is 0.303 e. The fourth-order valence-corrected chi connectivity index (χ4v) is 4.69. The third kappa shape index (κ3) is 5.44. The maximum atomic E-state index is 11.7. The predicted molar refractivity (Wildman–Crippen MR) is 116 cm³/mol. The number of aliphatic hydroxyl groups excluding tert-OH is 2. The first-order valence-corrected chi connectivity index (χ1v) is 11.6. The van der Waals surface area contributed by atoms with Crippen LogP contribution < -0.4 is 0 Å². The number of carbonyl (C=O) groups is 1. The van der Waals surface area contributed by atoms with Crippen molar-refractivity contribution in [1.82, 2.24) is 0 Å². The minimum atomic E-state index is -1.51. The highest BCUT2D eigenvalue weighted by atomic mass is 16.8. The molecule has 10 atom stereocenters. The molecular formula is C24H34O10. The number of hydrogen-bond donors (Lipinski definition) is 2. The van der Waals surface area contributed by atoms with Gasteiger partial charge in [-0.1, -0.05) is 30.3 Å². The largest absolute Gasteiger partial charge is 0.457 e. The van der Waals surface area contributed by atoms with Gasteiger partial charge in [0.2, 0.25) is 0 Å². The van der Waals surface area contributed by atoms with Crippen molar-refractivity contribution in [3.05, 3.63) is 35.9 Å². The van der Waals surface area contributed by atoms with Crippen molar-refractivity contribution in [2.75, 3.05) is 0 Å². The minimum absolute atomic E-state index is 0.370. The van der Waals surface area contributed by atoms with Crippen LogP contribution in [-0.4, -0.2) is 83.4 Å². The zero-order valence-corrected chi connectivity index (χ0v) is 20.0. The molecule has 0 aliphatic carbocycles. The first kappa shape index (κ1) is 25.5. The first-order valence-electron chi connectivity index (χ1n) is 11.6. The van der Waals surface area contributed by atoms with Crippen LogP contribution in [0.25, 0.3) is 0 Å². The van der Waals surface area contributed by atoms with E-state index in [1.807, 2.05) is 37.3 Å². The Morgan fingerprint density at radius 3 is 2.29 bits per heavy atom. The lowest BCUT2D eigenvalue weighted by Gasteiger charge is -2.45. The Kier molecular flexibility index (Phi) is 7.61. The average Bonchev–Trinajstić information content (AvgIpc) is 3.09. The third-order valence-electron chi connectivity index (χ3n) is 6.21. The molecule has 1 aromatic carbocycles. The number of fused-ring (bicyclic) bond motifs is 1. The number of ether oxygens (including phenoxy) is 7. The Morgan fingerprint density at radius 1 is 0.971 bits per heavy atom. The standard InChI is InChI=1S/C24H34O10/c1-12-17(28-11-15-9-7-6-8-10-15)20-21(34-24(4,5)33-20)23(30-12)32-19-16(26)22(27)29-13(2)18(19)31-14(3)25/h6-10,12-13,16-23,26-27H,11H2,1-5H3/t12?,13?,16?,17-,18-,19?,20?,21?,22-,23-/m0/s1. The SMILES string of the molecule is CC(=O)O[C@H]1C(C)O[C@H](O)C(O)C1O[C@@H]1OC(C)[C@H](OCc2ccccc2)C2OC(C)(C)OC21. The third-order valence-corrected chi connectivity index (χ3v) is 6.21. The van der Waals surface area contributed by atoms with Crippen molar-refractivity contribution in [2.45, 2.75) is 108 Å². The van der Waals surface area contributed by atoms with Crippen LogP contribution in [0.1, 0.15) is 40.2 Å². The Bertz CT molecular complexity index is 832. The van der Waals surface area contributed by atoms with Crippen LogP contribution in [0.5, 0.6) is 0 Å². The Morgan fingerprint density at radius 2 is 1.62 bits per heavy atom. The molecule has 2 N–H and O–H groups in total. The predicted octanol–water partition coefficient (Wildman–Crippen LogP) is 1.25. The molecule has 6 unspecified atom stereocenters. The van der Waals surface area contributed by atoms with E-state index < -0.39 is 73.2 Å². The highest BCUT2D eigenvalue weighted by molar-refractivity contribution is 5.66. The summed E-state index contributed by atoms with van der Waals surface area (Å²) in [7, 11) is 0. The summed E-state index contributed by atoms with van der Waals surface area (Å²) in [5.74, 6) is -1.49. The molecule has 0 radical (unpaired) electrons. The quantitative estimate of drug-likeness (QED) is 0.573. The molecule has 0 spiro atoms. The van der Waals surface area contributed by atoms with Gasteiger partial charge in [0.05, 0.1) is 18.8 Å². The summed E-state index contributed by atoms with van der Waals surface area (Å²) < 4.78 is 41.4. The van der Waals surface area contributed by atoms with Gasteiger partial charge in [0.15, 0.2) is 24.5 Å². The van der Waals surface area contributed by atoms with E-state index in [1.54, 1.807) is 20.8 Å². The molecule has 3 heterocycles. The average molecular weight is 483 g/mol. The molecule has 10 heteroatoms. The van der Waals surface area contributed by atoms with Gasteiger partial charge in [0.25, 0.3) is 0 Å². The van der Waals surface area contributed by atoms with E-state index in [4.69, 9.17) is 33.2 Å². The molecule has 190 valence electrons. The lowest BCUT2D eigenvalue weighted by Crippen LogP contribution is -2.63. The molecule has 3 aliphatic heterocycles. The summed E-state index contributed by atoms with van der Waals surface area (Å²) in [5.41, 5.74) is 1.01. The molecule has 3 saturated heterocycles. The number of rotatable bonds is 6. The molecule has 0 saturated carbocycles. The van der Waals surface area contributed by atoms with Gasteiger partial charge in [0, 0.05) is 6.92 Å². The van der Waals surface area contributed by atoms with Crippen molar-refractivity contribution in [3.63, 3.8) is 0 Å². The zero-order valence-electron chi connectivity index (χ0n) is 20.0. The van der Waals surface area contributed by atoms with Crippen molar-refractivity contribution < 1.29 is 48.2 Å². The maximum Gasteiger partial charge on any atom is 0.303 e. The molecule has 0 aromatic heterocycles. The molecule has 10 nitrogen and oxygen atoms in total. The van der Waals surface area contributed by atoms with Crippen LogP contribution in [0.2, 0.25) is 0 Å². The van der Waals surface area contributed by atoms with Gasteiger partial charge < -0.3 is 43.4 Å². The van der Waals surface area contributed by atoms with Crippen LogP contribution in [0, 0.1) is 0 Å². The van der Waals surface area contributed by atoms with E-state index in [0.29, 0.717) is 6.61 Å². The van der Waals surface area contributed by atoms with E-state index in [9.17, 15) is 15.0 Å². The van der Waals surface area contributed by atoms with E-state index in [2.05, 4.69) is 0 Å². The molecule has 34 heavy (non-hydrogen) atoms. The number of esters is 1. The van der Waals surface area contributed by atoms with Crippen LogP contribution in [0.4, 0.5) is 0 Å². The Balaban J connectivity index is 1.52. The first-order chi connectivity index (χ1) is 16.1. The lowest BCUT2D eigenvalue weighted by atomic mass is 9.97. The second-order valence-electron chi connectivity index (χ2n) is 9.43. The van der Waals surface area contributed by atoms with E-state index in [1.165, 1.54) is 6.92 Å². The highest BCUT2D eigenvalue weighted by Gasteiger charge is 2.57. The van der Waals surface area contributed by atoms with E-state index in [-0.39, 0.29) is 0 Å². The van der Waals surface area contributed by atoms with Crippen molar-refractivity contribution in [2.24, 2.45) is 0 Å². The number of aliphatic hydroxyl groups is 2. The van der Waals surface area contributed by atoms with Crippen molar-refractivity contribution in [1.29, 1.82) is 0 Å². The number of hydrogen-bond acceptors (Lipinski definition) is 10. The zero-order chi connectivity index (χ0) is 24.6. The maximum absolute atomic E-state index is 11.7.